The molecule has 1 aliphatic carbocycles. The molecule has 3 N–H and O–H groups in total. The third-order valence-corrected chi connectivity index (χ3v) is 5.36. The number of aliphatic hydroxyl groups excluding tert-OH is 1. The van der Waals surface area contributed by atoms with E-state index in [0.29, 0.717) is 6.42 Å². The van der Waals surface area contributed by atoms with Crippen LogP contribution in [-0.2, 0) is 4.74 Å². The van der Waals surface area contributed by atoms with Crippen LogP contribution in [-0.4, -0.2) is 42.0 Å². The van der Waals surface area contributed by atoms with Gasteiger partial charge in [0, 0.05) is 25.3 Å². The summed E-state index contributed by atoms with van der Waals surface area (Å²) in [6, 6.07) is 0.0452. The second-order valence-electron chi connectivity index (χ2n) is 8.33. The Bertz CT molecular complexity index is 381. The molecule has 0 aromatic heterocycles. The Kier molecular flexibility index (Phi) is 6.32. The summed E-state index contributed by atoms with van der Waals surface area (Å²) in [5.74, 6) is 0. The van der Waals surface area contributed by atoms with Gasteiger partial charge < -0.3 is 20.5 Å². The first kappa shape index (κ1) is 18.5. The maximum Gasteiger partial charge on any atom is 0.315 e. The van der Waals surface area contributed by atoms with Crippen molar-refractivity contribution in [2.45, 2.75) is 89.8 Å². The predicted molar refractivity (Wildman–Crippen MR) is 91.4 cm³/mol. The van der Waals surface area contributed by atoms with Gasteiger partial charge in [-0.25, -0.2) is 4.79 Å². The topological polar surface area (TPSA) is 70.6 Å². The molecule has 23 heavy (non-hydrogen) atoms. The van der Waals surface area contributed by atoms with E-state index in [2.05, 4.69) is 31.4 Å². The molecule has 1 saturated heterocycles. The molecule has 2 aliphatic rings. The SMILES string of the molecule is CC(C)(C)C(CCO)NC(=O)NC1CCOC2(CCCCC2)C1. The highest BCUT2D eigenvalue weighted by molar-refractivity contribution is 5.74. The average molecular weight is 326 g/mol. The highest BCUT2D eigenvalue weighted by Gasteiger charge is 2.39. The Labute approximate surface area is 140 Å². The number of hydrogen-bond acceptors (Lipinski definition) is 3. The maximum atomic E-state index is 12.4. The smallest absolute Gasteiger partial charge is 0.315 e. The zero-order valence-electron chi connectivity index (χ0n) is 15.0. The van der Waals surface area contributed by atoms with Gasteiger partial charge in [0.2, 0.25) is 0 Å². The van der Waals surface area contributed by atoms with E-state index in [4.69, 9.17) is 4.74 Å². The molecule has 2 atom stereocenters. The van der Waals surface area contributed by atoms with Crippen molar-refractivity contribution in [3.8, 4) is 0 Å². The van der Waals surface area contributed by atoms with Crippen molar-refractivity contribution < 1.29 is 14.6 Å². The summed E-state index contributed by atoms with van der Waals surface area (Å²) < 4.78 is 6.09. The summed E-state index contributed by atoms with van der Waals surface area (Å²) in [6.45, 7) is 7.07. The first-order chi connectivity index (χ1) is 10.8. The highest BCUT2D eigenvalue weighted by Crippen LogP contribution is 2.38. The summed E-state index contributed by atoms with van der Waals surface area (Å²) in [5.41, 5.74) is -0.0662. The lowest BCUT2D eigenvalue weighted by Gasteiger charge is -2.43. The summed E-state index contributed by atoms with van der Waals surface area (Å²) in [5, 5.41) is 15.4. The number of hydrogen-bond donors (Lipinski definition) is 3. The van der Waals surface area contributed by atoms with Crippen molar-refractivity contribution in [1.82, 2.24) is 10.6 Å². The molecule has 0 radical (unpaired) electrons. The van der Waals surface area contributed by atoms with Crippen molar-refractivity contribution in [3.63, 3.8) is 0 Å². The van der Waals surface area contributed by atoms with Crippen LogP contribution in [0.2, 0.25) is 0 Å². The van der Waals surface area contributed by atoms with Crippen LogP contribution in [0.4, 0.5) is 4.79 Å². The second-order valence-corrected chi connectivity index (χ2v) is 8.33. The van der Waals surface area contributed by atoms with E-state index in [0.717, 1.165) is 32.3 Å². The van der Waals surface area contributed by atoms with Gasteiger partial charge in [0.25, 0.3) is 0 Å². The highest BCUT2D eigenvalue weighted by atomic mass is 16.5. The average Bonchev–Trinajstić information content (AvgIpc) is 2.46. The third-order valence-electron chi connectivity index (χ3n) is 5.36. The molecule has 5 nitrogen and oxygen atoms in total. The molecule has 1 spiro atoms. The first-order valence-corrected chi connectivity index (χ1v) is 9.16. The van der Waals surface area contributed by atoms with Crippen molar-refractivity contribution in [1.29, 1.82) is 0 Å². The number of carbonyl (C=O) groups excluding carboxylic acids is 1. The molecule has 1 saturated carbocycles. The van der Waals surface area contributed by atoms with Crippen molar-refractivity contribution >= 4 is 6.03 Å². The lowest BCUT2D eigenvalue weighted by atomic mass is 9.78. The zero-order chi connectivity index (χ0) is 16.9. The van der Waals surface area contributed by atoms with Gasteiger partial charge in [0.15, 0.2) is 0 Å². The molecule has 5 heteroatoms. The molecule has 0 aromatic rings. The Morgan fingerprint density at radius 2 is 2.00 bits per heavy atom. The van der Waals surface area contributed by atoms with E-state index < -0.39 is 0 Å². The standard InChI is InChI=1S/C18H34N2O3/c1-17(2,3)15(7-11-21)20-16(22)19-14-8-12-23-18(13-14)9-5-4-6-10-18/h14-15,21H,4-13H2,1-3H3,(H2,19,20,22). The summed E-state index contributed by atoms with van der Waals surface area (Å²) >= 11 is 0. The number of aliphatic hydroxyl groups is 1. The van der Waals surface area contributed by atoms with E-state index in [1.807, 2.05) is 0 Å². The third kappa shape index (κ3) is 5.35. The van der Waals surface area contributed by atoms with Gasteiger partial charge in [0.1, 0.15) is 0 Å². The van der Waals surface area contributed by atoms with Crippen LogP contribution in [0.1, 0.15) is 72.1 Å². The van der Waals surface area contributed by atoms with Crippen LogP contribution in [0.15, 0.2) is 0 Å². The zero-order valence-corrected chi connectivity index (χ0v) is 15.0. The molecule has 2 rings (SSSR count). The molecule has 2 amide bonds. The molecule has 1 heterocycles. The lowest BCUT2D eigenvalue weighted by molar-refractivity contribution is -0.107. The van der Waals surface area contributed by atoms with Crippen LogP contribution in [0.25, 0.3) is 0 Å². The fourth-order valence-electron chi connectivity index (χ4n) is 3.93. The molecule has 134 valence electrons. The number of rotatable bonds is 4. The van der Waals surface area contributed by atoms with Crippen LogP contribution in [0.3, 0.4) is 0 Å². The fraction of sp³-hybridized carbons (Fsp3) is 0.944. The normalized spacial score (nSPS) is 25.8. The van der Waals surface area contributed by atoms with Crippen LogP contribution >= 0.6 is 0 Å². The van der Waals surface area contributed by atoms with Gasteiger partial charge in [0.05, 0.1) is 5.60 Å². The Morgan fingerprint density at radius 3 is 2.61 bits per heavy atom. The van der Waals surface area contributed by atoms with Crippen LogP contribution in [0, 0.1) is 5.41 Å². The minimum Gasteiger partial charge on any atom is -0.396 e. The molecular weight excluding hydrogens is 292 g/mol. The van der Waals surface area contributed by atoms with E-state index in [1.54, 1.807) is 0 Å². The van der Waals surface area contributed by atoms with Gasteiger partial charge >= 0.3 is 6.03 Å². The Balaban J connectivity index is 1.86. The van der Waals surface area contributed by atoms with E-state index in [-0.39, 0.29) is 35.7 Å². The molecular formula is C18H34N2O3. The van der Waals surface area contributed by atoms with Gasteiger partial charge in [-0.3, -0.25) is 0 Å². The summed E-state index contributed by atoms with van der Waals surface area (Å²) in [7, 11) is 0. The lowest BCUT2D eigenvalue weighted by Crippen LogP contribution is -2.54. The molecule has 0 aromatic carbocycles. The first-order valence-electron chi connectivity index (χ1n) is 9.16. The predicted octanol–water partition coefficient (Wildman–Crippen LogP) is 2.96. The van der Waals surface area contributed by atoms with Crippen molar-refractivity contribution in [3.05, 3.63) is 0 Å². The van der Waals surface area contributed by atoms with E-state index >= 15 is 0 Å². The summed E-state index contributed by atoms with van der Waals surface area (Å²) in [4.78, 5) is 12.4. The second kappa shape index (κ2) is 7.84. The van der Waals surface area contributed by atoms with Gasteiger partial charge in [-0.15, -0.1) is 0 Å². The molecule has 0 bridgehead atoms. The Morgan fingerprint density at radius 1 is 1.30 bits per heavy atom. The van der Waals surface area contributed by atoms with Gasteiger partial charge in [-0.1, -0.05) is 40.0 Å². The number of ether oxygens (including phenoxy) is 1. The van der Waals surface area contributed by atoms with E-state index in [1.165, 1.54) is 19.3 Å². The number of nitrogens with one attached hydrogen (secondary N) is 2. The molecule has 1 aliphatic heterocycles. The van der Waals surface area contributed by atoms with Crippen molar-refractivity contribution in [2.24, 2.45) is 5.41 Å². The number of amides is 2. The van der Waals surface area contributed by atoms with Gasteiger partial charge in [-0.05, 0) is 37.5 Å². The van der Waals surface area contributed by atoms with E-state index in [9.17, 15) is 9.90 Å². The Hall–Kier alpha value is -0.810. The van der Waals surface area contributed by atoms with Crippen LogP contribution < -0.4 is 10.6 Å². The van der Waals surface area contributed by atoms with Crippen LogP contribution in [0.5, 0.6) is 0 Å². The molecule has 2 fully saturated rings. The maximum absolute atomic E-state index is 12.4. The monoisotopic (exact) mass is 326 g/mol. The number of urea groups is 1. The minimum atomic E-state index is -0.115. The fourth-order valence-corrected chi connectivity index (χ4v) is 3.93. The van der Waals surface area contributed by atoms with Crippen molar-refractivity contribution in [2.75, 3.05) is 13.2 Å². The number of carbonyl (C=O) groups is 1. The van der Waals surface area contributed by atoms with Gasteiger partial charge in [-0.2, -0.15) is 0 Å². The molecule has 2 unspecified atom stereocenters. The minimum absolute atomic E-state index is 0.00295. The summed E-state index contributed by atoms with van der Waals surface area (Å²) in [6.07, 6.45) is 8.43. The largest absolute Gasteiger partial charge is 0.396 e. The quantitative estimate of drug-likeness (QED) is 0.744.